The number of esters is 1. The summed E-state index contributed by atoms with van der Waals surface area (Å²) in [7, 11) is 1.22. The van der Waals surface area contributed by atoms with Gasteiger partial charge in [0, 0.05) is 12.0 Å². The monoisotopic (exact) mass is 220 g/mol. The Bertz CT molecular complexity index is 441. The lowest BCUT2D eigenvalue weighted by atomic mass is 10.1. The van der Waals surface area contributed by atoms with Crippen LogP contribution in [-0.2, 0) is 4.74 Å². The molecule has 0 radical (unpaired) electrons. The Labute approximate surface area is 94.4 Å². The molecular weight excluding hydrogens is 207 g/mol. The predicted molar refractivity (Wildman–Crippen MR) is 59.5 cm³/mol. The molecule has 0 amide bonds. The smallest absolute Gasteiger partial charge is 0.342 e. The Morgan fingerprint density at radius 2 is 2.25 bits per heavy atom. The zero-order valence-corrected chi connectivity index (χ0v) is 9.34. The standard InChI is InChI=1S/C13H13FO2/c1-3-4-5-7-10-8-6-9-11(14)12(10)13(15)16-2/h6,8-9H,3-4H2,1-2H3. The van der Waals surface area contributed by atoms with Crippen LogP contribution in [0, 0.1) is 17.7 Å². The molecule has 0 saturated carbocycles. The van der Waals surface area contributed by atoms with E-state index in [2.05, 4.69) is 16.6 Å². The minimum atomic E-state index is -0.695. The van der Waals surface area contributed by atoms with Gasteiger partial charge in [-0.1, -0.05) is 24.8 Å². The summed E-state index contributed by atoms with van der Waals surface area (Å²) in [6, 6.07) is 4.35. The number of carbonyl (C=O) groups excluding carboxylic acids is 1. The summed E-state index contributed by atoms with van der Waals surface area (Å²) >= 11 is 0. The molecule has 0 bridgehead atoms. The maximum absolute atomic E-state index is 13.4. The second kappa shape index (κ2) is 5.92. The highest BCUT2D eigenvalue weighted by Gasteiger charge is 2.15. The first-order chi connectivity index (χ1) is 7.70. The third-order valence-corrected chi connectivity index (χ3v) is 2.00. The first kappa shape index (κ1) is 12.3. The van der Waals surface area contributed by atoms with Gasteiger partial charge in [-0.25, -0.2) is 9.18 Å². The average Bonchev–Trinajstić information content (AvgIpc) is 2.29. The molecule has 1 aromatic rings. The Balaban J connectivity index is 3.14. The third-order valence-electron chi connectivity index (χ3n) is 2.00. The number of ether oxygens (including phenoxy) is 1. The molecule has 0 aliphatic heterocycles. The Morgan fingerprint density at radius 1 is 1.50 bits per heavy atom. The van der Waals surface area contributed by atoms with Crippen molar-refractivity contribution in [3.8, 4) is 11.8 Å². The second-order valence-corrected chi connectivity index (χ2v) is 3.21. The van der Waals surface area contributed by atoms with Crippen molar-refractivity contribution >= 4 is 5.97 Å². The van der Waals surface area contributed by atoms with Gasteiger partial charge in [0.15, 0.2) is 0 Å². The molecule has 3 heteroatoms. The van der Waals surface area contributed by atoms with E-state index in [4.69, 9.17) is 0 Å². The van der Waals surface area contributed by atoms with Gasteiger partial charge in [-0.3, -0.25) is 0 Å². The van der Waals surface area contributed by atoms with Crippen LogP contribution in [0.4, 0.5) is 4.39 Å². The molecule has 0 fully saturated rings. The number of methoxy groups -OCH3 is 1. The third kappa shape index (κ3) is 2.83. The van der Waals surface area contributed by atoms with E-state index in [-0.39, 0.29) is 5.56 Å². The summed E-state index contributed by atoms with van der Waals surface area (Å²) in [5.41, 5.74) is 0.286. The fraction of sp³-hybridized carbons (Fsp3) is 0.308. The first-order valence-electron chi connectivity index (χ1n) is 5.06. The van der Waals surface area contributed by atoms with Gasteiger partial charge in [-0.15, -0.1) is 0 Å². The maximum Gasteiger partial charge on any atom is 0.342 e. The van der Waals surface area contributed by atoms with Gasteiger partial charge < -0.3 is 4.74 Å². The van der Waals surface area contributed by atoms with Crippen LogP contribution in [0.1, 0.15) is 35.7 Å². The van der Waals surface area contributed by atoms with E-state index in [1.807, 2.05) is 6.92 Å². The van der Waals surface area contributed by atoms with Gasteiger partial charge in [0.25, 0.3) is 0 Å². The summed E-state index contributed by atoms with van der Waals surface area (Å²) in [4.78, 5) is 11.4. The van der Waals surface area contributed by atoms with Crippen LogP contribution in [-0.4, -0.2) is 13.1 Å². The summed E-state index contributed by atoms with van der Waals surface area (Å²) in [6.07, 6.45) is 1.65. The van der Waals surface area contributed by atoms with Crippen molar-refractivity contribution in [2.45, 2.75) is 19.8 Å². The molecule has 1 aromatic carbocycles. The zero-order valence-electron chi connectivity index (χ0n) is 9.34. The van der Waals surface area contributed by atoms with Crippen molar-refractivity contribution in [1.29, 1.82) is 0 Å². The van der Waals surface area contributed by atoms with E-state index in [0.29, 0.717) is 5.56 Å². The average molecular weight is 220 g/mol. The Morgan fingerprint density at radius 3 is 2.88 bits per heavy atom. The normalized spacial score (nSPS) is 9.19. The second-order valence-electron chi connectivity index (χ2n) is 3.21. The van der Waals surface area contributed by atoms with E-state index >= 15 is 0 Å². The van der Waals surface area contributed by atoms with Gasteiger partial charge in [0.2, 0.25) is 0 Å². The molecule has 0 aliphatic rings. The van der Waals surface area contributed by atoms with Gasteiger partial charge in [-0.2, -0.15) is 0 Å². The molecule has 2 nitrogen and oxygen atoms in total. The minimum Gasteiger partial charge on any atom is -0.465 e. The summed E-state index contributed by atoms with van der Waals surface area (Å²) in [6.45, 7) is 2.00. The fourth-order valence-corrected chi connectivity index (χ4v) is 1.22. The molecule has 84 valence electrons. The van der Waals surface area contributed by atoms with Crippen molar-refractivity contribution in [2.24, 2.45) is 0 Å². The van der Waals surface area contributed by atoms with Crippen molar-refractivity contribution in [1.82, 2.24) is 0 Å². The van der Waals surface area contributed by atoms with Crippen LogP contribution in [0.5, 0.6) is 0 Å². The van der Waals surface area contributed by atoms with Crippen LogP contribution in [0.25, 0.3) is 0 Å². The SMILES string of the molecule is CCCC#Cc1cccc(F)c1C(=O)OC. The van der Waals surface area contributed by atoms with Crippen molar-refractivity contribution in [2.75, 3.05) is 7.11 Å². The number of hydrogen-bond acceptors (Lipinski definition) is 2. The van der Waals surface area contributed by atoms with Crippen LogP contribution < -0.4 is 0 Å². The Kier molecular flexibility index (Phi) is 4.53. The van der Waals surface area contributed by atoms with E-state index < -0.39 is 11.8 Å². The van der Waals surface area contributed by atoms with Gasteiger partial charge >= 0.3 is 5.97 Å². The van der Waals surface area contributed by atoms with E-state index in [1.54, 1.807) is 6.07 Å². The quantitative estimate of drug-likeness (QED) is 0.566. The lowest BCUT2D eigenvalue weighted by Gasteiger charge is -2.03. The highest BCUT2D eigenvalue weighted by atomic mass is 19.1. The van der Waals surface area contributed by atoms with Crippen LogP contribution in [0.3, 0.4) is 0 Å². The van der Waals surface area contributed by atoms with Crippen molar-refractivity contribution in [3.63, 3.8) is 0 Å². The molecule has 0 N–H and O–H groups in total. The number of carbonyl (C=O) groups is 1. The van der Waals surface area contributed by atoms with Gasteiger partial charge in [0.1, 0.15) is 11.4 Å². The van der Waals surface area contributed by atoms with E-state index in [0.717, 1.165) is 12.8 Å². The van der Waals surface area contributed by atoms with E-state index in [1.165, 1.54) is 19.2 Å². The molecule has 0 atom stereocenters. The number of rotatable bonds is 2. The minimum absolute atomic E-state index is 0.0893. The largest absolute Gasteiger partial charge is 0.465 e. The maximum atomic E-state index is 13.4. The number of unbranched alkanes of at least 4 members (excludes halogenated alkanes) is 1. The van der Waals surface area contributed by atoms with Crippen LogP contribution in [0.2, 0.25) is 0 Å². The molecule has 0 unspecified atom stereocenters. The van der Waals surface area contributed by atoms with E-state index in [9.17, 15) is 9.18 Å². The summed E-state index contributed by atoms with van der Waals surface area (Å²) in [5.74, 6) is 4.36. The lowest BCUT2D eigenvalue weighted by Crippen LogP contribution is -2.07. The van der Waals surface area contributed by atoms with Crippen molar-refractivity contribution < 1.29 is 13.9 Å². The Hall–Kier alpha value is -1.82. The molecule has 0 spiro atoms. The van der Waals surface area contributed by atoms with Crippen LogP contribution in [0.15, 0.2) is 18.2 Å². The lowest BCUT2D eigenvalue weighted by molar-refractivity contribution is 0.0595. The molecule has 1 rings (SSSR count). The number of halogens is 1. The molecular formula is C13H13FO2. The highest BCUT2D eigenvalue weighted by molar-refractivity contribution is 5.92. The number of hydrogen-bond donors (Lipinski definition) is 0. The van der Waals surface area contributed by atoms with Gasteiger partial charge in [0.05, 0.1) is 7.11 Å². The van der Waals surface area contributed by atoms with Gasteiger partial charge in [-0.05, 0) is 18.6 Å². The number of benzene rings is 1. The zero-order chi connectivity index (χ0) is 12.0. The molecule has 0 aliphatic carbocycles. The highest BCUT2D eigenvalue weighted by Crippen LogP contribution is 2.13. The summed E-state index contributed by atoms with van der Waals surface area (Å²) < 4.78 is 17.9. The summed E-state index contributed by atoms with van der Waals surface area (Å²) in [5, 5.41) is 0. The molecule has 0 saturated heterocycles. The fourth-order valence-electron chi connectivity index (χ4n) is 1.22. The topological polar surface area (TPSA) is 26.3 Å². The van der Waals surface area contributed by atoms with Crippen LogP contribution >= 0.6 is 0 Å². The first-order valence-corrected chi connectivity index (χ1v) is 5.06. The predicted octanol–water partition coefficient (Wildman–Crippen LogP) is 2.76. The molecule has 16 heavy (non-hydrogen) atoms. The van der Waals surface area contributed by atoms with Crippen molar-refractivity contribution in [3.05, 3.63) is 35.1 Å². The molecule has 0 heterocycles. The molecule has 0 aromatic heterocycles.